The van der Waals surface area contributed by atoms with Gasteiger partial charge in [0.05, 0.1) is 6.04 Å². The number of hydrogen-bond acceptors (Lipinski definition) is 3. The number of urea groups is 1. The smallest absolute Gasteiger partial charge is 0.331 e. The van der Waals surface area contributed by atoms with Crippen molar-refractivity contribution in [3.63, 3.8) is 0 Å². The molecule has 0 aromatic heterocycles. The molecule has 0 aliphatic carbocycles. The van der Waals surface area contributed by atoms with Crippen LogP contribution in [0.25, 0.3) is 0 Å². The summed E-state index contributed by atoms with van der Waals surface area (Å²) >= 11 is 0. The largest absolute Gasteiger partial charge is 0.508 e. The van der Waals surface area contributed by atoms with Gasteiger partial charge >= 0.3 is 6.03 Å². The highest BCUT2D eigenvalue weighted by Crippen LogP contribution is 2.29. The number of allylic oxidation sites excluding steroid dienone is 1. The highest BCUT2D eigenvalue weighted by atomic mass is 16.3. The first-order valence-corrected chi connectivity index (χ1v) is 11.2. The first kappa shape index (κ1) is 22.3. The van der Waals surface area contributed by atoms with Crippen LogP contribution in [0.3, 0.4) is 0 Å². The van der Waals surface area contributed by atoms with Crippen LogP contribution in [-0.4, -0.2) is 34.5 Å². The fourth-order valence-corrected chi connectivity index (χ4v) is 4.38. The van der Waals surface area contributed by atoms with Crippen molar-refractivity contribution in [2.75, 3.05) is 11.4 Å². The number of hydrogen-bond donors (Lipinski definition) is 1. The molecule has 1 heterocycles. The zero-order valence-electron chi connectivity index (χ0n) is 18.5. The predicted octanol–water partition coefficient (Wildman–Crippen LogP) is 5.21. The minimum Gasteiger partial charge on any atom is -0.508 e. The van der Waals surface area contributed by atoms with Crippen molar-refractivity contribution < 1.29 is 14.7 Å². The van der Waals surface area contributed by atoms with Gasteiger partial charge in [0.15, 0.2) is 0 Å². The summed E-state index contributed by atoms with van der Waals surface area (Å²) in [7, 11) is 0. The summed E-state index contributed by atoms with van der Waals surface area (Å²) in [6, 6.07) is 25.6. The fraction of sp³-hybridized carbons (Fsp3) is 0.214. The zero-order valence-corrected chi connectivity index (χ0v) is 18.5. The van der Waals surface area contributed by atoms with Crippen molar-refractivity contribution in [3.8, 4) is 5.75 Å². The topological polar surface area (TPSA) is 60.9 Å². The van der Waals surface area contributed by atoms with Crippen molar-refractivity contribution in [1.29, 1.82) is 0 Å². The van der Waals surface area contributed by atoms with Gasteiger partial charge in [-0.2, -0.15) is 0 Å². The molecular weight excluding hydrogens is 412 g/mol. The van der Waals surface area contributed by atoms with Gasteiger partial charge in [-0.15, -0.1) is 6.58 Å². The molecule has 0 bridgehead atoms. The fourth-order valence-electron chi connectivity index (χ4n) is 4.38. The number of nitrogens with zero attached hydrogens (tertiary/aromatic N) is 2. The number of benzene rings is 3. The third-order valence-electron chi connectivity index (χ3n) is 6.03. The van der Waals surface area contributed by atoms with E-state index in [9.17, 15) is 14.7 Å². The van der Waals surface area contributed by atoms with Crippen LogP contribution in [0.1, 0.15) is 17.5 Å². The molecule has 0 spiro atoms. The molecule has 0 saturated carbocycles. The molecule has 1 saturated heterocycles. The maximum absolute atomic E-state index is 13.8. The maximum Gasteiger partial charge on any atom is 0.331 e. The number of anilines is 1. The summed E-state index contributed by atoms with van der Waals surface area (Å²) in [5.41, 5.74) is 2.79. The molecule has 3 amide bonds. The highest BCUT2D eigenvalue weighted by Gasteiger charge is 2.43. The maximum atomic E-state index is 13.8. The molecular formula is C28H28N2O3. The number of para-hydroxylation sites is 1. The Morgan fingerprint density at radius 3 is 2.24 bits per heavy atom. The summed E-state index contributed by atoms with van der Waals surface area (Å²) in [4.78, 5) is 30.4. The SMILES string of the molecule is C=CC[C@@H](Cc1ccccc1)C(=O)N1C(=O)N(c2ccccc2)C[C@@H]1Cc1ccc(O)cc1. The molecule has 1 fully saturated rings. The van der Waals surface area contributed by atoms with Gasteiger partial charge in [0.25, 0.3) is 0 Å². The van der Waals surface area contributed by atoms with E-state index >= 15 is 0 Å². The summed E-state index contributed by atoms with van der Waals surface area (Å²) < 4.78 is 0. The van der Waals surface area contributed by atoms with Gasteiger partial charge in [-0.05, 0) is 54.7 Å². The number of amides is 3. The first-order chi connectivity index (χ1) is 16.1. The Morgan fingerprint density at radius 2 is 1.61 bits per heavy atom. The number of carbonyl (C=O) groups excluding carboxylic acids is 2. The summed E-state index contributed by atoms with van der Waals surface area (Å²) in [5, 5.41) is 9.63. The Labute approximate surface area is 194 Å². The number of phenols is 1. The lowest BCUT2D eigenvalue weighted by Gasteiger charge is -2.26. The van der Waals surface area contributed by atoms with Crippen LogP contribution in [0, 0.1) is 5.92 Å². The Morgan fingerprint density at radius 1 is 0.970 bits per heavy atom. The standard InChI is InChI=1S/C28H28N2O3/c1-2-9-23(18-21-10-5-3-6-11-21)27(32)30-25(19-22-14-16-26(31)17-15-22)20-29(28(30)33)24-12-7-4-8-13-24/h2-8,10-17,23,25,31H,1,9,18-20H2/t23-,25-/m0/s1. The monoisotopic (exact) mass is 440 g/mol. The van der Waals surface area contributed by atoms with Crippen molar-refractivity contribution in [3.05, 3.63) is 109 Å². The second-order valence-electron chi connectivity index (χ2n) is 8.37. The zero-order chi connectivity index (χ0) is 23.2. The Kier molecular flexibility index (Phi) is 6.89. The van der Waals surface area contributed by atoms with Gasteiger partial charge in [-0.25, -0.2) is 4.79 Å². The second kappa shape index (κ2) is 10.2. The van der Waals surface area contributed by atoms with Gasteiger partial charge in [0, 0.05) is 18.2 Å². The average molecular weight is 441 g/mol. The van der Waals surface area contributed by atoms with Crippen molar-refractivity contribution in [1.82, 2.24) is 4.90 Å². The molecule has 2 atom stereocenters. The number of carbonyl (C=O) groups is 2. The summed E-state index contributed by atoms with van der Waals surface area (Å²) in [6.45, 7) is 4.26. The van der Waals surface area contributed by atoms with Crippen LogP contribution in [0.5, 0.6) is 5.75 Å². The van der Waals surface area contributed by atoms with Crippen LogP contribution in [0.4, 0.5) is 10.5 Å². The number of phenolic OH excluding ortho intramolecular Hbond substituents is 1. The second-order valence-corrected chi connectivity index (χ2v) is 8.37. The van der Waals surface area contributed by atoms with Gasteiger partial charge in [-0.1, -0.05) is 66.7 Å². The molecule has 33 heavy (non-hydrogen) atoms. The lowest BCUT2D eigenvalue weighted by Crippen LogP contribution is -2.45. The van der Waals surface area contributed by atoms with E-state index in [0.29, 0.717) is 25.8 Å². The Hall–Kier alpha value is -3.86. The van der Waals surface area contributed by atoms with Crippen molar-refractivity contribution in [2.24, 2.45) is 5.92 Å². The molecule has 168 valence electrons. The molecule has 5 heteroatoms. The van der Waals surface area contributed by atoms with Crippen molar-refractivity contribution >= 4 is 17.6 Å². The Bertz CT molecular complexity index is 1100. The quantitative estimate of drug-likeness (QED) is 0.489. The first-order valence-electron chi connectivity index (χ1n) is 11.2. The van der Waals surface area contributed by atoms with Crippen LogP contribution in [0.15, 0.2) is 97.6 Å². The Balaban J connectivity index is 1.64. The van der Waals surface area contributed by atoms with E-state index in [-0.39, 0.29) is 29.6 Å². The highest BCUT2D eigenvalue weighted by molar-refractivity contribution is 6.06. The third-order valence-corrected chi connectivity index (χ3v) is 6.03. The van der Waals surface area contributed by atoms with E-state index in [1.807, 2.05) is 72.8 Å². The molecule has 5 nitrogen and oxygen atoms in total. The molecule has 3 aromatic rings. The molecule has 1 aliphatic heterocycles. The molecule has 0 radical (unpaired) electrons. The van der Waals surface area contributed by atoms with Crippen LogP contribution in [0.2, 0.25) is 0 Å². The van der Waals surface area contributed by atoms with Gasteiger partial charge < -0.3 is 5.11 Å². The van der Waals surface area contributed by atoms with Gasteiger partial charge in [-0.3, -0.25) is 14.6 Å². The molecule has 3 aromatic carbocycles. The van der Waals surface area contributed by atoms with E-state index < -0.39 is 0 Å². The third kappa shape index (κ3) is 5.14. The summed E-state index contributed by atoms with van der Waals surface area (Å²) in [6.07, 6.45) is 3.31. The van der Waals surface area contributed by atoms with E-state index in [1.54, 1.807) is 23.1 Å². The number of rotatable bonds is 8. The van der Waals surface area contributed by atoms with Crippen molar-refractivity contribution in [2.45, 2.75) is 25.3 Å². The van der Waals surface area contributed by atoms with Gasteiger partial charge in [0.1, 0.15) is 5.75 Å². The predicted molar refractivity (Wildman–Crippen MR) is 130 cm³/mol. The lowest BCUT2D eigenvalue weighted by atomic mass is 9.94. The van der Waals surface area contributed by atoms with Crippen LogP contribution >= 0.6 is 0 Å². The van der Waals surface area contributed by atoms with E-state index in [1.165, 1.54) is 4.90 Å². The molecule has 4 rings (SSSR count). The number of imide groups is 1. The molecule has 1 N–H and O–H groups in total. The normalized spacial score (nSPS) is 16.6. The molecule has 1 aliphatic rings. The number of aromatic hydroxyl groups is 1. The van der Waals surface area contributed by atoms with Crippen LogP contribution < -0.4 is 4.90 Å². The van der Waals surface area contributed by atoms with E-state index in [4.69, 9.17) is 0 Å². The average Bonchev–Trinajstić information content (AvgIpc) is 3.16. The van der Waals surface area contributed by atoms with E-state index in [0.717, 1.165) is 16.8 Å². The van der Waals surface area contributed by atoms with Crippen LogP contribution in [-0.2, 0) is 17.6 Å². The van der Waals surface area contributed by atoms with Gasteiger partial charge in [0.2, 0.25) is 5.91 Å². The minimum absolute atomic E-state index is 0.175. The minimum atomic E-state index is -0.369. The lowest BCUT2D eigenvalue weighted by molar-refractivity contribution is -0.133. The van der Waals surface area contributed by atoms with E-state index in [2.05, 4.69) is 6.58 Å². The summed E-state index contributed by atoms with van der Waals surface area (Å²) in [5.74, 6) is -0.355. The molecule has 0 unspecified atom stereocenters.